The van der Waals surface area contributed by atoms with E-state index >= 15 is 0 Å². The van der Waals surface area contributed by atoms with Gasteiger partial charge in [0.2, 0.25) is 10.0 Å². The molecule has 0 bridgehead atoms. The number of hydrogen-bond donors (Lipinski definition) is 2. The third kappa shape index (κ3) is 4.03. The highest BCUT2D eigenvalue weighted by molar-refractivity contribution is 7.93. The van der Waals surface area contributed by atoms with Gasteiger partial charge in [-0.2, -0.15) is 13.1 Å². The Balaban J connectivity index is 2.32. The lowest BCUT2D eigenvalue weighted by atomic mass is 10.3. The number of nitrogens with one attached hydrogen (secondary N) is 2. The van der Waals surface area contributed by atoms with E-state index in [0.29, 0.717) is 13.0 Å². The van der Waals surface area contributed by atoms with Crippen LogP contribution in [-0.4, -0.2) is 35.2 Å². The Morgan fingerprint density at radius 1 is 1.32 bits per heavy atom. The van der Waals surface area contributed by atoms with E-state index in [2.05, 4.69) is 9.44 Å². The van der Waals surface area contributed by atoms with Crippen molar-refractivity contribution in [1.29, 1.82) is 0 Å². The predicted molar refractivity (Wildman–Crippen MR) is 88.0 cm³/mol. The summed E-state index contributed by atoms with van der Waals surface area (Å²) in [6, 6.07) is 4.11. The van der Waals surface area contributed by atoms with Crippen LogP contribution in [0.25, 0.3) is 0 Å². The Labute approximate surface area is 135 Å². The smallest absolute Gasteiger partial charge is 0.271 e. The Morgan fingerprint density at radius 3 is 2.55 bits per heavy atom. The van der Waals surface area contributed by atoms with Gasteiger partial charge in [0.15, 0.2) is 0 Å². The SMILES string of the molecule is CC(C)NS(=O)(=O)Nc1ccc(Cl)c(N2CCCS2(=O)=O)c1. The lowest BCUT2D eigenvalue weighted by Crippen LogP contribution is -2.35. The molecule has 2 N–H and O–H groups in total. The zero-order valence-electron chi connectivity index (χ0n) is 12.2. The number of anilines is 2. The van der Waals surface area contributed by atoms with Crippen molar-refractivity contribution in [2.24, 2.45) is 0 Å². The van der Waals surface area contributed by atoms with Gasteiger partial charge in [0.25, 0.3) is 10.2 Å². The van der Waals surface area contributed by atoms with Crippen LogP contribution in [0.3, 0.4) is 0 Å². The van der Waals surface area contributed by atoms with E-state index in [1.165, 1.54) is 22.5 Å². The average molecular weight is 368 g/mol. The van der Waals surface area contributed by atoms with Gasteiger partial charge in [-0.05, 0) is 38.5 Å². The lowest BCUT2D eigenvalue weighted by molar-refractivity contribution is 0.575. The van der Waals surface area contributed by atoms with Crippen LogP contribution in [-0.2, 0) is 20.2 Å². The van der Waals surface area contributed by atoms with Crippen LogP contribution in [0.15, 0.2) is 18.2 Å². The Morgan fingerprint density at radius 2 is 2.00 bits per heavy atom. The Kier molecular flexibility index (Phi) is 4.90. The molecule has 1 aromatic rings. The highest BCUT2D eigenvalue weighted by Gasteiger charge is 2.30. The first-order chi connectivity index (χ1) is 10.1. The topological polar surface area (TPSA) is 95.6 Å². The maximum Gasteiger partial charge on any atom is 0.299 e. The molecule has 124 valence electrons. The van der Waals surface area contributed by atoms with Gasteiger partial charge < -0.3 is 0 Å². The molecule has 0 unspecified atom stereocenters. The summed E-state index contributed by atoms with van der Waals surface area (Å²) < 4.78 is 53.6. The standard InChI is InChI=1S/C12H18ClN3O4S2/c1-9(2)14-22(19,20)15-10-4-5-11(13)12(8-10)16-6-3-7-21(16,17)18/h4-5,8-9,14-15H,3,6-7H2,1-2H3. The predicted octanol–water partition coefficient (Wildman–Crippen LogP) is 1.53. The maximum atomic E-state index is 12.0. The van der Waals surface area contributed by atoms with Gasteiger partial charge >= 0.3 is 0 Å². The van der Waals surface area contributed by atoms with Gasteiger partial charge in [-0.1, -0.05) is 11.6 Å². The van der Waals surface area contributed by atoms with Gasteiger partial charge in [-0.25, -0.2) is 8.42 Å². The second kappa shape index (κ2) is 6.23. The summed E-state index contributed by atoms with van der Waals surface area (Å²) in [6.45, 7) is 3.73. The fraction of sp³-hybridized carbons (Fsp3) is 0.500. The molecular formula is C12H18ClN3O4S2. The summed E-state index contributed by atoms with van der Waals surface area (Å²) in [5.74, 6) is 0.0637. The summed E-state index contributed by atoms with van der Waals surface area (Å²) in [5, 5.41) is 0.255. The number of nitrogens with zero attached hydrogens (tertiary/aromatic N) is 1. The van der Waals surface area contributed by atoms with Gasteiger partial charge in [0, 0.05) is 12.6 Å². The molecule has 1 fully saturated rings. The molecule has 1 aliphatic rings. The van der Waals surface area contributed by atoms with E-state index in [9.17, 15) is 16.8 Å². The molecule has 0 amide bonds. The Hall–Kier alpha value is -1.03. The van der Waals surface area contributed by atoms with Crippen molar-refractivity contribution in [3.8, 4) is 0 Å². The van der Waals surface area contributed by atoms with Crippen molar-refractivity contribution in [2.45, 2.75) is 26.3 Å². The monoisotopic (exact) mass is 367 g/mol. The molecule has 0 saturated carbocycles. The second-order valence-corrected chi connectivity index (χ2v) is 9.15. The number of halogens is 1. The van der Waals surface area contributed by atoms with Crippen molar-refractivity contribution in [3.05, 3.63) is 23.2 Å². The molecule has 10 heteroatoms. The van der Waals surface area contributed by atoms with Crippen molar-refractivity contribution < 1.29 is 16.8 Å². The zero-order chi connectivity index (χ0) is 16.5. The Bertz CT molecular complexity index is 763. The summed E-state index contributed by atoms with van der Waals surface area (Å²) in [4.78, 5) is 0. The molecule has 1 aliphatic heterocycles. The van der Waals surface area contributed by atoms with Crippen molar-refractivity contribution in [3.63, 3.8) is 0 Å². The number of hydrogen-bond acceptors (Lipinski definition) is 4. The minimum Gasteiger partial charge on any atom is -0.271 e. The highest BCUT2D eigenvalue weighted by Crippen LogP contribution is 2.33. The summed E-state index contributed by atoms with van der Waals surface area (Å²) in [6.07, 6.45) is 0.517. The molecule has 0 aliphatic carbocycles. The molecule has 22 heavy (non-hydrogen) atoms. The zero-order valence-corrected chi connectivity index (χ0v) is 14.6. The average Bonchev–Trinajstić information content (AvgIpc) is 2.69. The maximum absolute atomic E-state index is 12.0. The van der Waals surface area contributed by atoms with Crippen LogP contribution in [0, 0.1) is 0 Å². The molecule has 0 spiro atoms. The van der Waals surface area contributed by atoms with Crippen molar-refractivity contribution in [2.75, 3.05) is 21.3 Å². The lowest BCUT2D eigenvalue weighted by Gasteiger charge is -2.20. The number of rotatable bonds is 5. The van der Waals surface area contributed by atoms with E-state index < -0.39 is 20.2 Å². The van der Waals surface area contributed by atoms with E-state index in [1.807, 2.05) is 0 Å². The second-order valence-electron chi connectivity index (χ2n) is 5.29. The molecule has 1 saturated heterocycles. The van der Waals surface area contributed by atoms with E-state index in [4.69, 9.17) is 11.6 Å². The minimum absolute atomic E-state index is 0.0637. The van der Waals surface area contributed by atoms with Crippen LogP contribution in [0.2, 0.25) is 5.02 Å². The minimum atomic E-state index is -3.73. The van der Waals surface area contributed by atoms with Gasteiger partial charge in [0.1, 0.15) is 0 Å². The van der Waals surface area contributed by atoms with Crippen LogP contribution >= 0.6 is 11.6 Å². The van der Waals surface area contributed by atoms with Gasteiger partial charge in [-0.15, -0.1) is 0 Å². The molecule has 0 atom stereocenters. The molecule has 1 aromatic carbocycles. The van der Waals surface area contributed by atoms with Gasteiger partial charge in [-0.3, -0.25) is 9.03 Å². The van der Waals surface area contributed by atoms with Crippen molar-refractivity contribution >= 4 is 43.2 Å². The van der Waals surface area contributed by atoms with Gasteiger partial charge in [0.05, 0.1) is 22.2 Å². The normalized spacial score (nSPS) is 17.9. The largest absolute Gasteiger partial charge is 0.299 e. The highest BCUT2D eigenvalue weighted by atomic mass is 35.5. The molecular weight excluding hydrogens is 350 g/mol. The molecule has 0 aromatic heterocycles. The van der Waals surface area contributed by atoms with E-state index in [1.54, 1.807) is 13.8 Å². The fourth-order valence-corrected chi connectivity index (χ4v) is 5.13. The van der Waals surface area contributed by atoms with Crippen LogP contribution in [0.4, 0.5) is 11.4 Å². The molecule has 0 radical (unpaired) electrons. The van der Waals surface area contributed by atoms with Crippen LogP contribution in [0.1, 0.15) is 20.3 Å². The van der Waals surface area contributed by atoms with Crippen LogP contribution in [0.5, 0.6) is 0 Å². The summed E-state index contributed by atoms with van der Waals surface area (Å²) in [5.41, 5.74) is 0.526. The van der Waals surface area contributed by atoms with E-state index in [0.717, 1.165) is 0 Å². The molecule has 7 nitrogen and oxygen atoms in total. The quantitative estimate of drug-likeness (QED) is 0.825. The summed E-state index contributed by atoms with van der Waals surface area (Å²) >= 11 is 6.06. The van der Waals surface area contributed by atoms with Crippen LogP contribution < -0.4 is 13.7 Å². The first-order valence-corrected chi connectivity index (χ1v) is 10.2. The number of benzene rings is 1. The number of sulfonamides is 1. The fourth-order valence-electron chi connectivity index (χ4n) is 2.17. The third-order valence-corrected chi connectivity index (χ3v) is 6.42. The molecule has 1 heterocycles. The first-order valence-electron chi connectivity index (χ1n) is 6.71. The summed E-state index contributed by atoms with van der Waals surface area (Å²) in [7, 11) is -7.11. The van der Waals surface area contributed by atoms with Crippen molar-refractivity contribution in [1.82, 2.24) is 4.72 Å². The first kappa shape index (κ1) is 17.3. The molecule has 2 rings (SSSR count). The van der Waals surface area contributed by atoms with E-state index in [-0.39, 0.29) is 28.2 Å². The third-order valence-electron chi connectivity index (χ3n) is 2.96.